The lowest BCUT2D eigenvalue weighted by Gasteiger charge is -2.47. The maximum absolute atomic E-state index is 14.5. The molecule has 2 saturated heterocycles. The number of aliphatic hydroxyl groups excluding tert-OH is 4. The predicted molar refractivity (Wildman–Crippen MR) is 304 cm³/mol. The number of aliphatic hydroxyl groups is 4. The number of carbonyl (C=O) groups is 7. The second kappa shape index (κ2) is 30.5. The van der Waals surface area contributed by atoms with Crippen molar-refractivity contribution < 1.29 is 82.8 Å². The minimum absolute atomic E-state index is 0.0394. The number of anilines is 3. The van der Waals surface area contributed by atoms with Gasteiger partial charge in [-0.3, -0.25) is 33.6 Å². The van der Waals surface area contributed by atoms with Gasteiger partial charge in [0, 0.05) is 71.8 Å². The smallest absolute Gasteiger partial charge is 0.303 e. The summed E-state index contributed by atoms with van der Waals surface area (Å²) in [6.07, 6.45) is -13.9. The Balaban J connectivity index is 1.01. The van der Waals surface area contributed by atoms with Gasteiger partial charge in [0.2, 0.25) is 29.6 Å². The van der Waals surface area contributed by atoms with E-state index in [1.807, 2.05) is 4.90 Å². The number of hydrogen-bond acceptors (Lipinski definition) is 23. The summed E-state index contributed by atoms with van der Waals surface area (Å²) in [6, 6.07) is 18.2. The van der Waals surface area contributed by atoms with Crippen molar-refractivity contribution in [2.45, 2.75) is 119 Å². The molecule has 0 saturated carbocycles. The third-order valence-corrected chi connectivity index (χ3v) is 14.1. The molecule has 2 aliphatic heterocycles. The number of fused-ring (bicyclic) bond motifs is 1. The van der Waals surface area contributed by atoms with Crippen LogP contribution in [0.3, 0.4) is 0 Å². The number of nitrogen functional groups attached to an aromatic ring is 2. The molecule has 6 amide bonds. The zero-order chi connectivity index (χ0) is 62.2. The number of nitrogens with one attached hydrogen (secondary N) is 6. The highest BCUT2D eigenvalue weighted by Gasteiger charge is 2.53. The van der Waals surface area contributed by atoms with E-state index in [9.17, 15) is 59.1 Å². The number of rotatable bonds is 27. The van der Waals surface area contributed by atoms with Crippen LogP contribution in [0.15, 0.2) is 91.1 Å². The molecule has 30 nitrogen and oxygen atoms in total. The Morgan fingerprint density at radius 1 is 0.709 bits per heavy atom. The molecule has 2 fully saturated rings. The van der Waals surface area contributed by atoms with Crippen molar-refractivity contribution in [1.29, 1.82) is 0 Å². The van der Waals surface area contributed by atoms with Gasteiger partial charge >= 0.3 is 5.97 Å². The number of nitrogens with two attached hydrogens (primary N) is 2. The van der Waals surface area contributed by atoms with Gasteiger partial charge in [-0.2, -0.15) is 9.97 Å². The molecule has 5 aromatic rings. The summed E-state index contributed by atoms with van der Waals surface area (Å²) in [5.41, 5.74) is 14.7. The number of hydrogen-bond donors (Lipinski definition) is 13. The van der Waals surface area contributed by atoms with E-state index in [4.69, 9.17) is 35.2 Å². The van der Waals surface area contributed by atoms with Crippen LogP contribution in [0.25, 0.3) is 11.2 Å². The summed E-state index contributed by atoms with van der Waals surface area (Å²) in [5, 5.41) is 68.7. The van der Waals surface area contributed by atoms with Crippen molar-refractivity contribution in [1.82, 2.24) is 51.8 Å². The number of aliphatic carboxylic acids is 1. The van der Waals surface area contributed by atoms with Crippen LogP contribution >= 0.6 is 0 Å². The van der Waals surface area contributed by atoms with Gasteiger partial charge in [-0.1, -0.05) is 60.7 Å². The molecule has 3 aromatic carbocycles. The average molecular weight is 1200 g/mol. The molecular formula is C56H71N13O17. The van der Waals surface area contributed by atoms with Crippen molar-refractivity contribution >= 4 is 70.0 Å². The predicted octanol–water partition coefficient (Wildman–Crippen LogP) is -3.05. The van der Waals surface area contributed by atoms with Crippen LogP contribution in [0, 0.1) is 0 Å². The molecule has 0 spiro atoms. The Labute approximate surface area is 492 Å². The maximum atomic E-state index is 14.5. The topological polar surface area (TPSA) is 446 Å². The number of carboxylic acids is 1. The standard InChI is InChI=1S/C56H71N13O17/c1-28(71)62-39-44(41(74)37(27-70)84-54(39)83-4)85-55-43(76)42(75)45(82-3)46(86-55)53(81)60-22-21-59-50(78)35(23-29-11-7-5-8-12-29)65-52(80)36(24-30-13-9-6-10-14-30)66-51(79)34(19-20-38(72)73)64-49(77)31-15-17-33(18-16-31)69(2)26-32-25-61-48-40(63-32)47(57)67-56(58)68-48/h5-18,25,34-37,39,41-46,54-55,70,74-76H,19-24,26-27H2,1-4H3,(H,59,78)(H,60,81)(H,62,71)(H,64,77)(H,65,80)(H,66,79)(H,72,73)(H4,57,58,61,67,68)/t34-,35-,36-,37+,39+,41+,42+,43+,44+,45-,46-,54+,55+/m0/s1. The van der Waals surface area contributed by atoms with Crippen molar-refractivity contribution in [3.8, 4) is 0 Å². The van der Waals surface area contributed by atoms with Gasteiger partial charge in [-0.05, 0) is 41.8 Å². The largest absolute Gasteiger partial charge is 0.481 e. The van der Waals surface area contributed by atoms with Crippen LogP contribution in [-0.2, 0) is 71.8 Å². The first-order valence-electron chi connectivity index (χ1n) is 27.2. The molecular weight excluding hydrogens is 1130 g/mol. The fraction of sp³-hybridized carbons (Fsp3) is 0.446. The second-order valence-corrected chi connectivity index (χ2v) is 20.3. The summed E-state index contributed by atoms with van der Waals surface area (Å²) in [6.45, 7) is 0.226. The summed E-state index contributed by atoms with van der Waals surface area (Å²) < 4.78 is 28.0. The van der Waals surface area contributed by atoms with Crippen LogP contribution < -0.4 is 48.3 Å². The Hall–Kier alpha value is -8.59. The fourth-order valence-corrected chi connectivity index (χ4v) is 9.69. The lowest BCUT2D eigenvalue weighted by molar-refractivity contribution is -0.338. The van der Waals surface area contributed by atoms with Gasteiger partial charge in [-0.25, -0.2) is 9.97 Å². The quantitative estimate of drug-likeness (QED) is 0.0232. The van der Waals surface area contributed by atoms with Crippen molar-refractivity contribution in [2.24, 2.45) is 0 Å². The molecule has 30 heteroatoms. The highest BCUT2D eigenvalue weighted by Crippen LogP contribution is 2.31. The summed E-state index contributed by atoms with van der Waals surface area (Å²) in [7, 11) is 4.18. The van der Waals surface area contributed by atoms with Crippen molar-refractivity contribution in [3.05, 3.63) is 114 Å². The molecule has 13 atom stereocenters. The number of ether oxygens (including phenoxy) is 5. The summed E-state index contributed by atoms with van der Waals surface area (Å²) >= 11 is 0. The number of nitrogens with zero attached hydrogens (tertiary/aromatic N) is 5. The molecule has 0 bridgehead atoms. The number of amides is 6. The molecule has 4 heterocycles. The van der Waals surface area contributed by atoms with Gasteiger partial charge in [-0.15, -0.1) is 0 Å². The van der Waals surface area contributed by atoms with Crippen molar-refractivity contribution in [2.75, 3.05) is 57.3 Å². The zero-order valence-electron chi connectivity index (χ0n) is 47.3. The number of carbonyl (C=O) groups excluding carboxylic acids is 6. The van der Waals surface area contributed by atoms with E-state index < -0.39 is 134 Å². The Bertz CT molecular complexity index is 3140. The van der Waals surface area contributed by atoms with Crippen LogP contribution in [0.2, 0.25) is 0 Å². The van der Waals surface area contributed by atoms with Gasteiger partial charge in [0.15, 0.2) is 35.7 Å². The Morgan fingerprint density at radius 2 is 1.33 bits per heavy atom. The molecule has 462 valence electrons. The van der Waals surface area contributed by atoms with Crippen LogP contribution in [0.4, 0.5) is 17.5 Å². The first-order chi connectivity index (χ1) is 41.2. The number of benzene rings is 3. The van der Waals surface area contributed by atoms with Gasteiger partial charge in [0.05, 0.1) is 25.0 Å². The Morgan fingerprint density at radius 3 is 1.92 bits per heavy atom. The third-order valence-electron chi connectivity index (χ3n) is 14.1. The lowest BCUT2D eigenvalue weighted by Crippen LogP contribution is -2.68. The number of carboxylic acid groups (broad SMARTS) is 1. The van der Waals surface area contributed by atoms with E-state index in [1.54, 1.807) is 79.8 Å². The average Bonchev–Trinajstić information content (AvgIpc) is 1.56. The number of methoxy groups -OCH3 is 2. The highest BCUT2D eigenvalue weighted by molar-refractivity contribution is 5.99. The van der Waals surface area contributed by atoms with E-state index in [0.29, 0.717) is 22.5 Å². The van der Waals surface area contributed by atoms with E-state index in [-0.39, 0.29) is 67.4 Å². The lowest BCUT2D eigenvalue weighted by atomic mass is 9.95. The molecule has 2 aromatic heterocycles. The third kappa shape index (κ3) is 17.1. The molecule has 0 radical (unpaired) electrons. The normalized spacial score (nSPS) is 22.9. The molecule has 7 rings (SSSR count). The highest BCUT2D eigenvalue weighted by atomic mass is 16.7. The fourth-order valence-electron chi connectivity index (χ4n) is 9.69. The zero-order valence-corrected chi connectivity index (χ0v) is 47.3. The van der Waals surface area contributed by atoms with Gasteiger partial charge in [0.1, 0.15) is 60.8 Å². The van der Waals surface area contributed by atoms with Gasteiger partial charge < -0.3 is 97.5 Å². The minimum Gasteiger partial charge on any atom is -0.481 e. The first-order valence-corrected chi connectivity index (χ1v) is 27.2. The molecule has 0 unspecified atom stereocenters. The summed E-state index contributed by atoms with van der Waals surface area (Å²) in [4.78, 5) is 113. The van der Waals surface area contributed by atoms with Gasteiger partial charge in [0.25, 0.3) is 11.8 Å². The molecule has 0 aliphatic carbocycles. The van der Waals surface area contributed by atoms with E-state index >= 15 is 0 Å². The van der Waals surface area contributed by atoms with E-state index in [2.05, 4.69) is 51.8 Å². The maximum Gasteiger partial charge on any atom is 0.303 e. The summed E-state index contributed by atoms with van der Waals surface area (Å²) in [5.74, 6) is -5.84. The monoisotopic (exact) mass is 1200 g/mol. The van der Waals surface area contributed by atoms with Crippen LogP contribution in [-0.4, -0.2) is 207 Å². The Kier molecular flexibility index (Phi) is 23.0. The number of aromatic nitrogens is 4. The van der Waals surface area contributed by atoms with E-state index in [1.165, 1.54) is 32.4 Å². The van der Waals surface area contributed by atoms with Crippen LogP contribution in [0.1, 0.15) is 46.9 Å². The minimum atomic E-state index is -1.88. The SMILES string of the molecule is CO[C@@H]1O[C@H](CO)[C@@H](O)[C@H](O[C@@H]2O[C@H](C(=O)NCCNC(=O)[C@H](Cc3ccccc3)NC(=O)[C@H](Cc3ccccc3)NC(=O)[C@H](CCC(=O)O)NC(=O)c3ccc(N(C)Cc4cnc5nc(N)nc(N)c5n4)cc3)[C@@H](OC)[C@H](O)[C@H]2O)[C@H]1NC(C)=O. The van der Waals surface area contributed by atoms with Crippen molar-refractivity contribution in [3.63, 3.8) is 0 Å². The molecule has 86 heavy (non-hydrogen) atoms. The molecule has 15 N–H and O–H groups in total. The van der Waals surface area contributed by atoms with E-state index in [0.717, 1.165) is 7.11 Å². The van der Waals surface area contributed by atoms with Crippen LogP contribution in [0.5, 0.6) is 0 Å². The second-order valence-electron chi connectivity index (χ2n) is 20.3. The molecule has 2 aliphatic rings. The first kappa shape index (κ1) is 65.0.